The third-order valence-electron chi connectivity index (χ3n) is 5.92. The van der Waals surface area contributed by atoms with Crippen molar-refractivity contribution in [1.29, 1.82) is 0 Å². The van der Waals surface area contributed by atoms with Gasteiger partial charge in [-0.1, -0.05) is 37.0 Å². The zero-order valence-corrected chi connectivity index (χ0v) is 16.4. The lowest BCUT2D eigenvalue weighted by atomic mass is 9.89. The lowest BCUT2D eigenvalue weighted by Crippen LogP contribution is -2.35. The van der Waals surface area contributed by atoms with E-state index >= 15 is 0 Å². The van der Waals surface area contributed by atoms with Crippen molar-refractivity contribution in [2.45, 2.75) is 51.5 Å². The summed E-state index contributed by atoms with van der Waals surface area (Å²) < 4.78 is 0. The Morgan fingerprint density at radius 2 is 1.89 bits per heavy atom. The van der Waals surface area contributed by atoms with Gasteiger partial charge in [-0.3, -0.25) is 19.5 Å². The molecule has 146 valence electrons. The largest absolute Gasteiger partial charge is 0.356 e. The Hall–Kier alpha value is -2.69. The smallest absolute Gasteiger partial charge is 0.260 e. The van der Waals surface area contributed by atoms with Gasteiger partial charge in [-0.05, 0) is 49.9 Å². The van der Waals surface area contributed by atoms with Gasteiger partial charge in [-0.2, -0.15) is 0 Å². The van der Waals surface area contributed by atoms with Crippen molar-refractivity contribution in [3.8, 4) is 0 Å². The Balaban J connectivity index is 1.52. The molecule has 1 saturated carbocycles. The van der Waals surface area contributed by atoms with Gasteiger partial charge >= 0.3 is 0 Å². The molecule has 0 spiro atoms. The minimum atomic E-state index is -0.363. The van der Waals surface area contributed by atoms with Crippen LogP contribution in [-0.2, 0) is 4.79 Å². The first-order valence-electron chi connectivity index (χ1n) is 10.3. The van der Waals surface area contributed by atoms with Gasteiger partial charge in [0.1, 0.15) is 0 Å². The molecule has 4 rings (SSSR count). The number of pyridine rings is 1. The maximum atomic E-state index is 13.0. The molecule has 1 aliphatic heterocycles. The fourth-order valence-corrected chi connectivity index (χ4v) is 4.35. The maximum absolute atomic E-state index is 13.0. The highest BCUT2D eigenvalue weighted by Gasteiger charge is 2.39. The first kappa shape index (κ1) is 18.7. The molecule has 1 N–H and O–H groups in total. The number of carbonyl (C=O) groups is 2. The first-order chi connectivity index (χ1) is 13.6. The van der Waals surface area contributed by atoms with Crippen LogP contribution in [0.25, 0.3) is 0 Å². The topological polar surface area (TPSA) is 62.3 Å². The monoisotopic (exact) mass is 377 g/mol. The molecule has 1 aromatic heterocycles. The Morgan fingerprint density at radius 1 is 1.14 bits per heavy atom. The summed E-state index contributed by atoms with van der Waals surface area (Å²) in [5, 5.41) is 3.10. The minimum Gasteiger partial charge on any atom is -0.356 e. The molecular formula is C23H27N3O2. The van der Waals surface area contributed by atoms with Gasteiger partial charge < -0.3 is 5.32 Å². The molecule has 0 radical (unpaired) electrons. The number of carbonyl (C=O) groups excluding carboxylic acids is 2. The fourth-order valence-electron chi connectivity index (χ4n) is 4.35. The van der Waals surface area contributed by atoms with Crippen LogP contribution < -0.4 is 10.2 Å². The number of aryl methyl sites for hydroxylation is 1. The quantitative estimate of drug-likeness (QED) is 0.850. The molecule has 2 heterocycles. The number of nitrogens with zero attached hydrogens (tertiary/aromatic N) is 2. The van der Waals surface area contributed by atoms with Crippen molar-refractivity contribution in [1.82, 2.24) is 10.3 Å². The van der Waals surface area contributed by atoms with Crippen LogP contribution >= 0.6 is 0 Å². The number of benzene rings is 1. The molecule has 0 bridgehead atoms. The highest BCUT2D eigenvalue weighted by atomic mass is 16.2. The predicted molar refractivity (Wildman–Crippen MR) is 109 cm³/mol. The maximum Gasteiger partial charge on any atom is 0.260 e. The summed E-state index contributed by atoms with van der Waals surface area (Å²) >= 11 is 0. The molecule has 5 nitrogen and oxygen atoms in total. The van der Waals surface area contributed by atoms with E-state index in [1.807, 2.05) is 31.2 Å². The van der Waals surface area contributed by atoms with Crippen molar-refractivity contribution in [2.24, 2.45) is 5.92 Å². The minimum absolute atomic E-state index is 0.0148. The van der Waals surface area contributed by atoms with Crippen molar-refractivity contribution in [3.63, 3.8) is 0 Å². The standard InChI is InChI=1S/C23H27N3O2/c1-16-9-11-18(12-10-16)26-20(22-19(23(26)28)8-5-13-24-22)14-21(27)25-15-17-6-3-2-4-7-17/h5,8-13,17,20H,2-4,6-7,14-15H2,1H3,(H,25,27)/t20-/m0/s1. The third-order valence-corrected chi connectivity index (χ3v) is 5.92. The van der Waals surface area contributed by atoms with Crippen LogP contribution in [0.3, 0.4) is 0 Å². The number of fused-ring (bicyclic) bond motifs is 1. The molecule has 28 heavy (non-hydrogen) atoms. The van der Waals surface area contributed by atoms with Crippen molar-refractivity contribution in [2.75, 3.05) is 11.4 Å². The third kappa shape index (κ3) is 3.79. The Morgan fingerprint density at radius 3 is 2.64 bits per heavy atom. The van der Waals surface area contributed by atoms with E-state index in [9.17, 15) is 9.59 Å². The summed E-state index contributed by atoms with van der Waals surface area (Å²) in [6, 6.07) is 11.1. The second-order valence-corrected chi connectivity index (χ2v) is 7.97. The number of anilines is 1. The van der Waals surface area contributed by atoms with E-state index in [0.29, 0.717) is 17.2 Å². The van der Waals surface area contributed by atoms with Gasteiger partial charge in [0.15, 0.2) is 0 Å². The molecule has 1 fully saturated rings. The van der Waals surface area contributed by atoms with Crippen LogP contribution in [0.15, 0.2) is 42.6 Å². The summed E-state index contributed by atoms with van der Waals surface area (Å²) in [5.41, 5.74) is 3.22. The van der Waals surface area contributed by atoms with E-state index in [4.69, 9.17) is 0 Å². The molecule has 0 unspecified atom stereocenters. The average molecular weight is 377 g/mol. The lowest BCUT2D eigenvalue weighted by molar-refractivity contribution is -0.121. The van der Waals surface area contributed by atoms with Gasteiger partial charge in [0.25, 0.3) is 5.91 Å². The van der Waals surface area contributed by atoms with Crippen LogP contribution in [-0.4, -0.2) is 23.3 Å². The van der Waals surface area contributed by atoms with Crippen molar-refractivity contribution < 1.29 is 9.59 Å². The summed E-state index contributed by atoms with van der Waals surface area (Å²) in [5.74, 6) is 0.484. The Labute approximate surface area is 166 Å². The summed E-state index contributed by atoms with van der Waals surface area (Å²) in [4.78, 5) is 31.9. The average Bonchev–Trinajstić information content (AvgIpc) is 3.00. The molecule has 2 aromatic rings. The predicted octanol–water partition coefficient (Wildman–Crippen LogP) is 4.18. The molecule has 1 aromatic carbocycles. The number of aromatic nitrogens is 1. The molecule has 0 saturated heterocycles. The molecule has 1 aliphatic carbocycles. The van der Waals surface area contributed by atoms with E-state index in [1.54, 1.807) is 23.2 Å². The van der Waals surface area contributed by atoms with Crippen LogP contribution in [0.5, 0.6) is 0 Å². The molecule has 2 amide bonds. The van der Waals surface area contributed by atoms with Crippen molar-refractivity contribution in [3.05, 3.63) is 59.4 Å². The summed E-state index contributed by atoms with van der Waals surface area (Å²) in [6.07, 6.45) is 8.15. The molecule has 2 aliphatic rings. The lowest BCUT2D eigenvalue weighted by Gasteiger charge is -2.26. The van der Waals surface area contributed by atoms with Gasteiger partial charge in [0.05, 0.1) is 23.7 Å². The van der Waals surface area contributed by atoms with E-state index in [0.717, 1.165) is 17.8 Å². The first-order valence-corrected chi connectivity index (χ1v) is 10.3. The van der Waals surface area contributed by atoms with E-state index in [2.05, 4.69) is 10.3 Å². The zero-order chi connectivity index (χ0) is 19.5. The number of hydrogen-bond acceptors (Lipinski definition) is 3. The molecular weight excluding hydrogens is 350 g/mol. The second kappa shape index (κ2) is 8.13. The fraction of sp³-hybridized carbons (Fsp3) is 0.435. The summed E-state index contributed by atoms with van der Waals surface area (Å²) in [7, 11) is 0. The Kier molecular flexibility index (Phi) is 5.42. The molecule has 5 heteroatoms. The number of rotatable bonds is 5. The van der Waals surface area contributed by atoms with Crippen LogP contribution in [0.2, 0.25) is 0 Å². The number of hydrogen-bond donors (Lipinski definition) is 1. The second-order valence-electron chi connectivity index (χ2n) is 7.97. The normalized spacial score (nSPS) is 19.5. The van der Waals surface area contributed by atoms with Gasteiger partial charge in [-0.15, -0.1) is 0 Å². The highest BCUT2D eigenvalue weighted by Crippen LogP contribution is 2.38. The van der Waals surface area contributed by atoms with Gasteiger partial charge in [0.2, 0.25) is 5.91 Å². The Bertz CT molecular complexity index is 856. The van der Waals surface area contributed by atoms with E-state index in [1.165, 1.54) is 32.1 Å². The number of amides is 2. The number of nitrogens with one attached hydrogen (secondary N) is 1. The van der Waals surface area contributed by atoms with E-state index < -0.39 is 0 Å². The SMILES string of the molecule is Cc1ccc(N2C(=O)c3cccnc3[C@@H]2CC(=O)NCC2CCCCC2)cc1. The van der Waals surface area contributed by atoms with Crippen LogP contribution in [0, 0.1) is 12.8 Å². The van der Waals surface area contributed by atoms with Crippen LogP contribution in [0.1, 0.15) is 66.2 Å². The van der Waals surface area contributed by atoms with Gasteiger partial charge in [0, 0.05) is 18.4 Å². The van der Waals surface area contributed by atoms with Gasteiger partial charge in [-0.25, -0.2) is 0 Å². The summed E-state index contributed by atoms with van der Waals surface area (Å²) in [6.45, 7) is 2.75. The van der Waals surface area contributed by atoms with Crippen LogP contribution in [0.4, 0.5) is 5.69 Å². The highest BCUT2D eigenvalue weighted by molar-refractivity contribution is 6.11. The van der Waals surface area contributed by atoms with E-state index in [-0.39, 0.29) is 24.3 Å². The zero-order valence-electron chi connectivity index (χ0n) is 16.4. The molecule has 1 atom stereocenters. The van der Waals surface area contributed by atoms with Crippen molar-refractivity contribution >= 4 is 17.5 Å².